The number of nitrogen functional groups attached to an aromatic ring is 1. The van der Waals surface area contributed by atoms with Gasteiger partial charge in [-0.05, 0) is 28.1 Å². The zero-order valence-electron chi connectivity index (χ0n) is 5.07. The van der Waals surface area contributed by atoms with E-state index >= 15 is 0 Å². The molecule has 4 heteroatoms. The van der Waals surface area contributed by atoms with Crippen LogP contribution in [0.5, 0.6) is 0 Å². The van der Waals surface area contributed by atoms with Crippen LogP contribution in [0.1, 0.15) is 0 Å². The number of nitrogens with two attached hydrogens (primary N) is 1. The van der Waals surface area contributed by atoms with Gasteiger partial charge in [-0.15, -0.1) is 9.24 Å². The molecule has 0 spiro atoms. The molecule has 1 unspecified atom stereocenters. The molecule has 0 saturated heterocycles. The Labute approximate surface area is 69.1 Å². The van der Waals surface area contributed by atoms with Gasteiger partial charge < -0.3 is 5.73 Å². The van der Waals surface area contributed by atoms with Crippen LogP contribution in [0.15, 0.2) is 16.6 Å². The number of benzene rings is 1. The number of hydrogen-bond donors (Lipinski definition) is 1. The summed E-state index contributed by atoms with van der Waals surface area (Å²) >= 11 is 3.05. The maximum absolute atomic E-state index is 12.6. The molecule has 0 aliphatic rings. The average Bonchev–Trinajstić information content (AvgIpc) is 1.93. The maximum Gasteiger partial charge on any atom is 0.138 e. The van der Waals surface area contributed by atoms with Crippen molar-refractivity contribution in [1.29, 1.82) is 0 Å². The van der Waals surface area contributed by atoms with Crippen molar-refractivity contribution in [3.8, 4) is 0 Å². The zero-order valence-corrected chi connectivity index (χ0v) is 7.81. The topological polar surface area (TPSA) is 26.0 Å². The highest BCUT2D eigenvalue weighted by Crippen LogP contribution is 2.18. The summed E-state index contributed by atoms with van der Waals surface area (Å²) in [4.78, 5) is 0. The Morgan fingerprint density at radius 2 is 2.10 bits per heavy atom. The van der Waals surface area contributed by atoms with Crippen molar-refractivity contribution in [2.75, 3.05) is 5.73 Å². The van der Waals surface area contributed by atoms with E-state index in [1.54, 1.807) is 0 Å². The first-order chi connectivity index (χ1) is 4.63. The summed E-state index contributed by atoms with van der Waals surface area (Å²) in [6, 6.07) is 2.86. The third-order valence-electron chi connectivity index (χ3n) is 1.17. The summed E-state index contributed by atoms with van der Waals surface area (Å²) in [7, 11) is 2.37. The van der Waals surface area contributed by atoms with Crippen molar-refractivity contribution in [3.63, 3.8) is 0 Å². The minimum atomic E-state index is -0.292. The van der Waals surface area contributed by atoms with Crippen molar-refractivity contribution < 1.29 is 4.39 Å². The Morgan fingerprint density at radius 1 is 1.50 bits per heavy atom. The highest BCUT2D eigenvalue weighted by molar-refractivity contribution is 9.10. The van der Waals surface area contributed by atoms with E-state index in [9.17, 15) is 4.39 Å². The first-order valence-electron chi connectivity index (χ1n) is 2.62. The first kappa shape index (κ1) is 7.96. The molecular weight excluding hydrogens is 216 g/mol. The van der Waals surface area contributed by atoms with Crippen LogP contribution in [0.2, 0.25) is 0 Å². The number of halogens is 2. The lowest BCUT2D eigenvalue weighted by Gasteiger charge is -2.01. The largest absolute Gasteiger partial charge is 0.398 e. The van der Waals surface area contributed by atoms with Gasteiger partial charge in [0.15, 0.2) is 0 Å². The average molecular weight is 222 g/mol. The molecule has 1 nitrogen and oxygen atoms in total. The molecule has 0 aromatic heterocycles. The molecule has 0 radical (unpaired) electrons. The van der Waals surface area contributed by atoms with Crippen molar-refractivity contribution in [2.24, 2.45) is 0 Å². The molecule has 0 fully saturated rings. The summed E-state index contributed by atoms with van der Waals surface area (Å²) in [6.45, 7) is 0. The van der Waals surface area contributed by atoms with E-state index in [-0.39, 0.29) is 5.82 Å². The van der Waals surface area contributed by atoms with Crippen molar-refractivity contribution in [2.45, 2.75) is 0 Å². The van der Waals surface area contributed by atoms with E-state index in [4.69, 9.17) is 5.73 Å². The van der Waals surface area contributed by atoms with E-state index in [2.05, 4.69) is 25.2 Å². The van der Waals surface area contributed by atoms with Crippen LogP contribution in [-0.4, -0.2) is 0 Å². The van der Waals surface area contributed by atoms with Crippen molar-refractivity contribution in [1.82, 2.24) is 0 Å². The summed E-state index contributed by atoms with van der Waals surface area (Å²) in [5, 5.41) is 0.667. The van der Waals surface area contributed by atoms with E-state index < -0.39 is 0 Å². The van der Waals surface area contributed by atoms with Gasteiger partial charge in [0.1, 0.15) is 5.82 Å². The molecule has 0 saturated carbocycles. The van der Waals surface area contributed by atoms with Crippen LogP contribution in [0.25, 0.3) is 0 Å². The normalized spacial score (nSPS) is 9.90. The highest BCUT2D eigenvalue weighted by atomic mass is 79.9. The second-order valence-electron chi connectivity index (χ2n) is 1.86. The maximum atomic E-state index is 12.6. The second-order valence-corrected chi connectivity index (χ2v) is 3.23. The van der Waals surface area contributed by atoms with Gasteiger partial charge >= 0.3 is 0 Å². The SMILES string of the molecule is Nc1ccc(F)c(Br)c1P. The molecule has 1 aromatic rings. The van der Waals surface area contributed by atoms with Gasteiger partial charge in [0.05, 0.1) is 4.47 Å². The molecular formula is C6H6BrFNP. The van der Waals surface area contributed by atoms with Gasteiger partial charge in [-0.25, -0.2) is 4.39 Å². The number of rotatable bonds is 0. The molecule has 2 N–H and O–H groups in total. The third kappa shape index (κ3) is 1.30. The van der Waals surface area contributed by atoms with Gasteiger partial charge in [0.2, 0.25) is 0 Å². The number of hydrogen-bond acceptors (Lipinski definition) is 1. The Kier molecular flexibility index (Phi) is 2.27. The minimum Gasteiger partial charge on any atom is -0.398 e. The Hall–Kier alpha value is -0.140. The number of anilines is 1. The van der Waals surface area contributed by atoms with Crippen molar-refractivity contribution in [3.05, 3.63) is 22.4 Å². The standard InChI is InChI=1S/C6H6BrFNP/c7-5-3(8)1-2-4(9)6(5)10/h1-2H,9-10H2. The van der Waals surface area contributed by atoms with Crippen LogP contribution < -0.4 is 11.0 Å². The molecule has 0 aliphatic carbocycles. The fourth-order valence-electron chi connectivity index (χ4n) is 0.581. The quantitative estimate of drug-likeness (QED) is 0.524. The predicted molar refractivity (Wildman–Crippen MR) is 47.9 cm³/mol. The van der Waals surface area contributed by atoms with E-state index in [0.717, 1.165) is 0 Å². The minimum absolute atomic E-state index is 0.292. The first-order valence-corrected chi connectivity index (χ1v) is 3.99. The van der Waals surface area contributed by atoms with Gasteiger partial charge in [0.25, 0.3) is 0 Å². The fourth-order valence-corrected chi connectivity index (χ4v) is 1.18. The summed E-state index contributed by atoms with van der Waals surface area (Å²) in [5.41, 5.74) is 6.04. The molecule has 54 valence electrons. The Bertz CT molecular complexity index is 237. The molecule has 10 heavy (non-hydrogen) atoms. The van der Waals surface area contributed by atoms with Gasteiger partial charge in [0, 0.05) is 11.0 Å². The Balaban J connectivity index is 3.34. The lowest BCUT2D eigenvalue weighted by molar-refractivity contribution is 0.623. The molecule has 0 amide bonds. The van der Waals surface area contributed by atoms with Crippen LogP contribution in [0.3, 0.4) is 0 Å². The Morgan fingerprint density at radius 3 is 2.60 bits per heavy atom. The lowest BCUT2D eigenvalue weighted by atomic mass is 10.3. The van der Waals surface area contributed by atoms with Crippen LogP contribution in [-0.2, 0) is 0 Å². The summed E-state index contributed by atoms with van der Waals surface area (Å²) in [6.07, 6.45) is 0. The monoisotopic (exact) mass is 221 g/mol. The lowest BCUT2D eigenvalue weighted by Crippen LogP contribution is -2.04. The summed E-state index contributed by atoms with van der Waals surface area (Å²) in [5.74, 6) is -0.292. The zero-order chi connectivity index (χ0) is 7.72. The van der Waals surface area contributed by atoms with Gasteiger partial charge in [-0.2, -0.15) is 0 Å². The third-order valence-corrected chi connectivity index (χ3v) is 3.02. The summed E-state index contributed by atoms with van der Waals surface area (Å²) < 4.78 is 13.1. The molecule has 1 rings (SSSR count). The van der Waals surface area contributed by atoms with E-state index in [1.807, 2.05) is 0 Å². The predicted octanol–water partition coefficient (Wildman–Crippen LogP) is 1.67. The van der Waals surface area contributed by atoms with Crippen LogP contribution >= 0.6 is 25.2 Å². The molecule has 0 aliphatic heterocycles. The van der Waals surface area contributed by atoms with Crippen LogP contribution in [0.4, 0.5) is 10.1 Å². The van der Waals surface area contributed by atoms with Crippen molar-refractivity contribution >= 4 is 36.2 Å². The molecule has 1 atom stereocenters. The molecule has 1 aromatic carbocycles. The fraction of sp³-hybridized carbons (Fsp3) is 0. The van der Waals surface area contributed by atoms with E-state index in [0.29, 0.717) is 15.5 Å². The molecule has 0 bridgehead atoms. The highest BCUT2D eigenvalue weighted by Gasteiger charge is 2.03. The molecule has 0 heterocycles. The van der Waals surface area contributed by atoms with Crippen LogP contribution in [0, 0.1) is 5.82 Å². The van der Waals surface area contributed by atoms with E-state index in [1.165, 1.54) is 12.1 Å². The van der Waals surface area contributed by atoms with Gasteiger partial charge in [-0.3, -0.25) is 0 Å². The second kappa shape index (κ2) is 2.85. The smallest absolute Gasteiger partial charge is 0.138 e. The van der Waals surface area contributed by atoms with Gasteiger partial charge in [-0.1, -0.05) is 0 Å².